The van der Waals surface area contributed by atoms with Gasteiger partial charge < -0.3 is 9.84 Å². The number of methoxy groups -OCH3 is 1. The third-order valence-electron chi connectivity index (χ3n) is 2.08. The number of likely N-dealkylation sites (tertiary alicyclic amines) is 1. The van der Waals surface area contributed by atoms with Crippen LogP contribution in [-0.2, 0) is 4.74 Å². The van der Waals surface area contributed by atoms with Gasteiger partial charge in [0.15, 0.2) is 0 Å². The van der Waals surface area contributed by atoms with Crippen LogP contribution in [0.2, 0.25) is 0 Å². The van der Waals surface area contributed by atoms with Crippen molar-refractivity contribution in [3.05, 3.63) is 0 Å². The van der Waals surface area contributed by atoms with Crippen LogP contribution in [-0.4, -0.2) is 49.0 Å². The van der Waals surface area contributed by atoms with Gasteiger partial charge in [-0.15, -0.1) is 0 Å². The first-order valence-corrected chi connectivity index (χ1v) is 4.15. The summed E-state index contributed by atoms with van der Waals surface area (Å²) in [6.07, 6.45) is 1.27. The molecule has 0 radical (unpaired) electrons. The number of hydrogen-bond acceptors (Lipinski definition) is 3. The molecule has 1 heterocycles. The molecule has 3 nitrogen and oxygen atoms in total. The quantitative estimate of drug-likeness (QED) is 0.633. The number of nitrogens with zero attached hydrogens (tertiary/aromatic N) is 1. The molecule has 1 saturated heterocycles. The van der Waals surface area contributed by atoms with Gasteiger partial charge in [0, 0.05) is 26.7 Å². The number of β-amino-alcohol motifs (C(OH)–C–C–N with tert-alkyl or cyclic N) is 1. The Labute approximate surface area is 68.0 Å². The molecule has 0 spiro atoms. The molecule has 1 aliphatic heterocycles. The van der Waals surface area contributed by atoms with E-state index in [0.717, 1.165) is 26.1 Å². The van der Waals surface area contributed by atoms with Crippen LogP contribution in [0, 0.1) is 0 Å². The second-order valence-electron chi connectivity index (χ2n) is 3.25. The molecular weight excluding hydrogens is 142 g/mol. The summed E-state index contributed by atoms with van der Waals surface area (Å²) in [5.41, 5.74) is 0. The van der Waals surface area contributed by atoms with Crippen molar-refractivity contribution in [1.29, 1.82) is 0 Å². The highest BCUT2D eigenvalue weighted by molar-refractivity contribution is 4.76. The minimum atomic E-state index is -0.217. The minimum Gasteiger partial charge on any atom is -0.392 e. The lowest BCUT2D eigenvalue weighted by Gasteiger charge is -2.16. The highest BCUT2D eigenvalue weighted by Gasteiger charge is 2.22. The van der Waals surface area contributed by atoms with Gasteiger partial charge in [0.05, 0.1) is 12.2 Å². The van der Waals surface area contributed by atoms with E-state index in [-0.39, 0.29) is 6.10 Å². The van der Waals surface area contributed by atoms with E-state index in [1.54, 1.807) is 7.11 Å². The topological polar surface area (TPSA) is 32.7 Å². The fourth-order valence-electron chi connectivity index (χ4n) is 1.53. The van der Waals surface area contributed by atoms with Crippen LogP contribution in [0.4, 0.5) is 0 Å². The average molecular weight is 159 g/mol. The summed E-state index contributed by atoms with van der Waals surface area (Å²) in [5.74, 6) is 0. The summed E-state index contributed by atoms with van der Waals surface area (Å²) in [7, 11) is 1.75. The lowest BCUT2D eigenvalue weighted by molar-refractivity contribution is 0.0945. The first-order chi connectivity index (χ1) is 5.22. The van der Waals surface area contributed by atoms with Crippen molar-refractivity contribution in [3.63, 3.8) is 0 Å². The summed E-state index contributed by atoms with van der Waals surface area (Å²) in [4.78, 5) is 2.23. The molecule has 0 amide bonds. The van der Waals surface area contributed by atoms with Crippen LogP contribution < -0.4 is 0 Å². The molecular formula is C8H17NO2. The van der Waals surface area contributed by atoms with E-state index >= 15 is 0 Å². The molecule has 0 aromatic heterocycles. The van der Waals surface area contributed by atoms with Crippen LogP contribution in [0.1, 0.15) is 13.3 Å². The summed E-state index contributed by atoms with van der Waals surface area (Å²) in [6.45, 7) is 4.63. The highest BCUT2D eigenvalue weighted by atomic mass is 16.5. The van der Waals surface area contributed by atoms with Crippen LogP contribution in [0.5, 0.6) is 0 Å². The molecule has 0 aliphatic carbocycles. The summed E-state index contributed by atoms with van der Waals surface area (Å²) in [6, 6.07) is 0. The van der Waals surface area contributed by atoms with Gasteiger partial charge in [-0.05, 0) is 13.3 Å². The van der Waals surface area contributed by atoms with Crippen LogP contribution >= 0.6 is 0 Å². The third kappa shape index (κ3) is 2.77. The summed E-state index contributed by atoms with van der Waals surface area (Å²) >= 11 is 0. The molecule has 11 heavy (non-hydrogen) atoms. The molecule has 1 N–H and O–H groups in total. The lowest BCUT2D eigenvalue weighted by Crippen LogP contribution is -2.29. The summed E-state index contributed by atoms with van der Waals surface area (Å²) in [5, 5.41) is 9.09. The smallest absolute Gasteiger partial charge is 0.0710 e. The molecule has 0 aromatic carbocycles. The Kier molecular flexibility index (Phi) is 3.30. The zero-order valence-corrected chi connectivity index (χ0v) is 7.29. The van der Waals surface area contributed by atoms with Crippen molar-refractivity contribution < 1.29 is 9.84 Å². The number of aliphatic hydroxyl groups is 1. The Morgan fingerprint density at radius 2 is 2.45 bits per heavy atom. The van der Waals surface area contributed by atoms with Crippen molar-refractivity contribution in [1.82, 2.24) is 4.90 Å². The third-order valence-corrected chi connectivity index (χ3v) is 2.08. The Balaban J connectivity index is 2.19. The van der Waals surface area contributed by atoms with Crippen LogP contribution in [0.3, 0.4) is 0 Å². The van der Waals surface area contributed by atoms with Gasteiger partial charge in [-0.3, -0.25) is 4.90 Å². The van der Waals surface area contributed by atoms with Gasteiger partial charge in [-0.25, -0.2) is 0 Å². The van der Waals surface area contributed by atoms with Crippen molar-refractivity contribution in [2.24, 2.45) is 0 Å². The molecule has 1 aliphatic rings. The maximum Gasteiger partial charge on any atom is 0.0710 e. The first kappa shape index (κ1) is 8.97. The largest absolute Gasteiger partial charge is 0.392 e. The molecule has 2 atom stereocenters. The van der Waals surface area contributed by atoms with Crippen molar-refractivity contribution in [2.45, 2.75) is 25.6 Å². The first-order valence-electron chi connectivity index (χ1n) is 4.15. The van der Waals surface area contributed by atoms with E-state index in [9.17, 15) is 0 Å². The lowest BCUT2D eigenvalue weighted by atomic mass is 10.3. The summed E-state index contributed by atoms with van der Waals surface area (Å²) < 4.78 is 5.20. The van der Waals surface area contributed by atoms with Gasteiger partial charge in [0.25, 0.3) is 0 Å². The maximum atomic E-state index is 9.09. The molecule has 66 valence electrons. The standard InChI is InChI=1S/C8H17NO2/c1-7(10)5-9-4-3-8(6-9)11-2/h7-8,10H,3-6H2,1-2H3/t7-,8-/m0/s1. The monoisotopic (exact) mass is 159 g/mol. The Hall–Kier alpha value is -0.120. The van der Waals surface area contributed by atoms with Gasteiger partial charge in [0.1, 0.15) is 0 Å². The van der Waals surface area contributed by atoms with Gasteiger partial charge in [-0.1, -0.05) is 0 Å². The molecule has 3 heteroatoms. The second kappa shape index (κ2) is 4.04. The fraction of sp³-hybridized carbons (Fsp3) is 1.00. The zero-order valence-electron chi connectivity index (χ0n) is 7.29. The number of rotatable bonds is 3. The van der Waals surface area contributed by atoms with E-state index in [0.29, 0.717) is 6.10 Å². The normalized spacial score (nSPS) is 29.2. The zero-order chi connectivity index (χ0) is 8.27. The average Bonchev–Trinajstić information content (AvgIpc) is 2.34. The molecule has 0 saturated carbocycles. The van der Waals surface area contributed by atoms with Crippen LogP contribution in [0.15, 0.2) is 0 Å². The van der Waals surface area contributed by atoms with Crippen molar-refractivity contribution >= 4 is 0 Å². The Bertz CT molecular complexity index is 117. The Morgan fingerprint density at radius 3 is 2.91 bits per heavy atom. The molecule has 0 unspecified atom stereocenters. The van der Waals surface area contributed by atoms with Gasteiger partial charge >= 0.3 is 0 Å². The predicted octanol–water partition coefficient (Wildman–Crippen LogP) is 0.0879. The minimum absolute atomic E-state index is 0.217. The van der Waals surface area contributed by atoms with E-state index in [1.165, 1.54) is 0 Å². The van der Waals surface area contributed by atoms with Crippen LogP contribution in [0.25, 0.3) is 0 Å². The molecule has 1 rings (SSSR count). The number of aliphatic hydroxyl groups excluding tert-OH is 1. The van der Waals surface area contributed by atoms with Gasteiger partial charge in [-0.2, -0.15) is 0 Å². The molecule has 0 bridgehead atoms. The Morgan fingerprint density at radius 1 is 1.73 bits per heavy atom. The predicted molar refractivity (Wildman–Crippen MR) is 43.5 cm³/mol. The number of hydrogen-bond donors (Lipinski definition) is 1. The second-order valence-corrected chi connectivity index (χ2v) is 3.25. The fourth-order valence-corrected chi connectivity index (χ4v) is 1.53. The van der Waals surface area contributed by atoms with Crippen molar-refractivity contribution in [2.75, 3.05) is 26.7 Å². The maximum absolute atomic E-state index is 9.09. The van der Waals surface area contributed by atoms with E-state index in [4.69, 9.17) is 9.84 Å². The van der Waals surface area contributed by atoms with E-state index in [1.807, 2.05) is 6.92 Å². The molecule has 0 aromatic rings. The SMILES string of the molecule is CO[C@H]1CCN(C[C@H](C)O)C1. The van der Waals surface area contributed by atoms with E-state index < -0.39 is 0 Å². The highest BCUT2D eigenvalue weighted by Crippen LogP contribution is 2.11. The van der Waals surface area contributed by atoms with Crippen molar-refractivity contribution in [3.8, 4) is 0 Å². The van der Waals surface area contributed by atoms with E-state index in [2.05, 4.69) is 4.90 Å². The molecule has 1 fully saturated rings. The number of ether oxygens (including phenoxy) is 1. The van der Waals surface area contributed by atoms with Gasteiger partial charge in [0.2, 0.25) is 0 Å².